The molecule has 2 heterocycles. The number of hydrogen-bond acceptors (Lipinski definition) is 6. The van der Waals surface area contributed by atoms with E-state index in [4.69, 9.17) is 9.47 Å². The van der Waals surface area contributed by atoms with E-state index in [2.05, 4.69) is 15.0 Å². The number of anilines is 1. The molecular weight excluding hydrogens is 270 g/mol. The zero-order valence-electron chi connectivity index (χ0n) is 10.6. The summed E-state index contributed by atoms with van der Waals surface area (Å²) in [4.78, 5) is 4.09. The van der Waals surface area contributed by atoms with Gasteiger partial charge >= 0.3 is 0 Å². The quantitative estimate of drug-likeness (QED) is 0.780. The minimum atomic E-state index is -3.61. The van der Waals surface area contributed by atoms with Crippen molar-refractivity contribution in [2.24, 2.45) is 0 Å². The van der Waals surface area contributed by atoms with Gasteiger partial charge in [-0.2, -0.15) is 0 Å². The summed E-state index contributed by atoms with van der Waals surface area (Å²) in [5.41, 5.74) is 0. The van der Waals surface area contributed by atoms with Crippen molar-refractivity contribution in [1.82, 2.24) is 9.71 Å². The van der Waals surface area contributed by atoms with Crippen LogP contribution in [0.25, 0.3) is 0 Å². The Morgan fingerprint density at radius 3 is 3.00 bits per heavy atom. The maximum atomic E-state index is 12.2. The second-order valence-corrected chi connectivity index (χ2v) is 5.76. The summed E-state index contributed by atoms with van der Waals surface area (Å²) in [5.74, 6) is 0.316. The Morgan fingerprint density at radius 1 is 1.47 bits per heavy atom. The molecule has 0 aliphatic carbocycles. The van der Waals surface area contributed by atoms with Crippen LogP contribution in [0.15, 0.2) is 23.2 Å². The van der Waals surface area contributed by atoms with E-state index in [-0.39, 0.29) is 17.5 Å². The van der Waals surface area contributed by atoms with Gasteiger partial charge in [-0.25, -0.2) is 18.1 Å². The maximum Gasteiger partial charge on any atom is 0.244 e. The Labute approximate surface area is 112 Å². The van der Waals surface area contributed by atoms with Gasteiger partial charge in [0.2, 0.25) is 10.0 Å². The van der Waals surface area contributed by atoms with E-state index in [1.165, 1.54) is 12.3 Å². The van der Waals surface area contributed by atoms with Gasteiger partial charge in [0, 0.05) is 19.8 Å². The van der Waals surface area contributed by atoms with Gasteiger partial charge in [-0.05, 0) is 12.1 Å². The Morgan fingerprint density at radius 2 is 2.32 bits per heavy atom. The summed E-state index contributed by atoms with van der Waals surface area (Å²) in [6.45, 7) is 1.62. The molecule has 0 bridgehead atoms. The second kappa shape index (κ2) is 6.29. The summed E-state index contributed by atoms with van der Waals surface area (Å²) in [6.07, 6.45) is 1.28. The van der Waals surface area contributed by atoms with Crippen molar-refractivity contribution < 1.29 is 17.9 Å². The minimum absolute atomic E-state index is 0.120. The van der Waals surface area contributed by atoms with E-state index in [0.29, 0.717) is 25.6 Å². The minimum Gasteiger partial charge on any atom is -0.376 e. The third-order valence-corrected chi connectivity index (χ3v) is 4.14. The van der Waals surface area contributed by atoms with E-state index in [1.807, 2.05) is 0 Å². The van der Waals surface area contributed by atoms with Crippen LogP contribution in [0, 0.1) is 0 Å². The number of hydrogen-bond donors (Lipinski definition) is 2. The van der Waals surface area contributed by atoms with Gasteiger partial charge in [0.1, 0.15) is 10.7 Å². The molecule has 1 aliphatic rings. The lowest BCUT2D eigenvalue weighted by atomic mass is 10.3. The highest BCUT2D eigenvalue weighted by molar-refractivity contribution is 7.89. The van der Waals surface area contributed by atoms with Gasteiger partial charge in [-0.3, -0.25) is 0 Å². The third kappa shape index (κ3) is 3.63. The molecule has 1 unspecified atom stereocenters. The molecule has 19 heavy (non-hydrogen) atoms. The first kappa shape index (κ1) is 14.2. The zero-order valence-corrected chi connectivity index (χ0v) is 11.4. The lowest BCUT2D eigenvalue weighted by Crippen LogP contribution is -2.39. The maximum absolute atomic E-state index is 12.2. The third-order valence-electron chi connectivity index (χ3n) is 2.68. The van der Waals surface area contributed by atoms with Crippen molar-refractivity contribution >= 4 is 15.8 Å². The molecule has 1 aliphatic heterocycles. The molecule has 2 N–H and O–H groups in total. The first-order valence-electron chi connectivity index (χ1n) is 5.95. The Hall–Kier alpha value is -1.22. The first-order chi connectivity index (χ1) is 9.13. The van der Waals surface area contributed by atoms with Crippen LogP contribution in [-0.4, -0.2) is 52.9 Å². The van der Waals surface area contributed by atoms with Crippen LogP contribution >= 0.6 is 0 Å². The van der Waals surface area contributed by atoms with Crippen molar-refractivity contribution in [1.29, 1.82) is 0 Å². The van der Waals surface area contributed by atoms with Gasteiger partial charge in [0.25, 0.3) is 0 Å². The number of pyridine rings is 1. The fourth-order valence-electron chi connectivity index (χ4n) is 1.73. The van der Waals surface area contributed by atoms with Gasteiger partial charge in [-0.1, -0.05) is 0 Å². The van der Waals surface area contributed by atoms with Crippen molar-refractivity contribution in [3.05, 3.63) is 18.3 Å². The number of aromatic nitrogens is 1. The zero-order chi connectivity index (χ0) is 13.7. The average Bonchev–Trinajstić information content (AvgIpc) is 2.46. The van der Waals surface area contributed by atoms with Crippen molar-refractivity contribution in [3.8, 4) is 0 Å². The molecule has 106 valence electrons. The highest BCUT2D eigenvalue weighted by Gasteiger charge is 2.22. The van der Waals surface area contributed by atoms with Crippen LogP contribution in [0.1, 0.15) is 0 Å². The van der Waals surface area contributed by atoms with Gasteiger partial charge in [-0.15, -0.1) is 0 Å². The number of rotatable bonds is 5. The molecule has 1 fully saturated rings. The van der Waals surface area contributed by atoms with Crippen LogP contribution in [0.2, 0.25) is 0 Å². The Balaban J connectivity index is 2.05. The number of ether oxygens (including phenoxy) is 2. The number of nitrogens with zero attached hydrogens (tertiary/aromatic N) is 1. The standard InChI is InChI=1S/C11H17N3O4S/c1-12-11-10(3-2-4-13-11)19(15,16)14-7-9-8-17-5-6-18-9/h2-4,9,14H,5-8H2,1H3,(H,12,13). The smallest absolute Gasteiger partial charge is 0.244 e. The van der Waals surface area contributed by atoms with Crippen LogP contribution < -0.4 is 10.0 Å². The Bertz CT molecular complexity index is 514. The number of nitrogens with one attached hydrogen (secondary N) is 2. The monoisotopic (exact) mass is 287 g/mol. The molecule has 2 rings (SSSR count). The molecule has 0 aromatic carbocycles. The first-order valence-corrected chi connectivity index (χ1v) is 7.43. The lowest BCUT2D eigenvalue weighted by molar-refractivity contribution is -0.0846. The van der Waals surface area contributed by atoms with E-state index in [9.17, 15) is 8.42 Å². The summed E-state index contributed by atoms with van der Waals surface area (Å²) in [7, 11) is -1.99. The number of sulfonamides is 1. The summed E-state index contributed by atoms with van der Waals surface area (Å²) < 4.78 is 37.4. The van der Waals surface area contributed by atoms with Gasteiger partial charge in [0.15, 0.2) is 0 Å². The highest BCUT2D eigenvalue weighted by Crippen LogP contribution is 2.17. The molecule has 8 heteroatoms. The van der Waals surface area contributed by atoms with Crippen LogP contribution in [0.5, 0.6) is 0 Å². The molecule has 0 radical (unpaired) electrons. The van der Waals surface area contributed by atoms with Crippen molar-refractivity contribution in [2.45, 2.75) is 11.0 Å². The second-order valence-electron chi connectivity index (χ2n) is 4.02. The molecule has 0 spiro atoms. The van der Waals surface area contributed by atoms with Crippen LogP contribution in [0.4, 0.5) is 5.82 Å². The SMILES string of the molecule is CNc1ncccc1S(=O)(=O)NCC1COCCO1. The summed E-state index contributed by atoms with van der Waals surface area (Å²) in [6, 6.07) is 3.08. The van der Waals surface area contributed by atoms with Crippen molar-refractivity contribution in [3.63, 3.8) is 0 Å². The average molecular weight is 287 g/mol. The predicted octanol–water partition coefficient (Wildman–Crippen LogP) is -0.183. The van der Waals surface area contributed by atoms with E-state index >= 15 is 0 Å². The molecule has 1 saturated heterocycles. The largest absolute Gasteiger partial charge is 0.376 e. The summed E-state index contributed by atoms with van der Waals surface area (Å²) >= 11 is 0. The fourth-order valence-corrected chi connectivity index (χ4v) is 2.96. The summed E-state index contributed by atoms with van der Waals surface area (Å²) in [5, 5.41) is 2.75. The highest BCUT2D eigenvalue weighted by atomic mass is 32.2. The predicted molar refractivity (Wildman–Crippen MR) is 69.5 cm³/mol. The molecule has 7 nitrogen and oxygen atoms in total. The molecular formula is C11H17N3O4S. The van der Waals surface area contributed by atoms with E-state index in [1.54, 1.807) is 13.1 Å². The van der Waals surface area contributed by atoms with Crippen LogP contribution in [0.3, 0.4) is 0 Å². The Kier molecular flexibility index (Phi) is 4.70. The molecule has 1 aromatic heterocycles. The van der Waals surface area contributed by atoms with Crippen molar-refractivity contribution in [2.75, 3.05) is 38.7 Å². The molecule has 0 saturated carbocycles. The molecule has 0 amide bonds. The normalized spacial score (nSPS) is 20.2. The molecule has 1 atom stereocenters. The van der Waals surface area contributed by atoms with E-state index < -0.39 is 10.0 Å². The topological polar surface area (TPSA) is 89.6 Å². The van der Waals surface area contributed by atoms with Gasteiger partial charge < -0.3 is 14.8 Å². The van der Waals surface area contributed by atoms with Gasteiger partial charge in [0.05, 0.1) is 25.9 Å². The lowest BCUT2D eigenvalue weighted by Gasteiger charge is -2.23. The fraction of sp³-hybridized carbons (Fsp3) is 0.545. The van der Waals surface area contributed by atoms with Crippen LogP contribution in [-0.2, 0) is 19.5 Å². The van der Waals surface area contributed by atoms with E-state index in [0.717, 1.165) is 0 Å². The molecule has 1 aromatic rings.